The summed E-state index contributed by atoms with van der Waals surface area (Å²) in [5.41, 5.74) is 2.52. The number of ether oxygens (including phenoxy) is 2. The number of hydrogen-bond donors (Lipinski definition) is 4. The van der Waals surface area contributed by atoms with Crippen LogP contribution in [0, 0.1) is 0 Å². The number of esters is 1. The van der Waals surface area contributed by atoms with Crippen LogP contribution in [0.15, 0.2) is 6.33 Å². The molecular formula is C20H30ClFN7O6P. The first kappa shape index (κ1) is 27.0. The van der Waals surface area contributed by atoms with Crippen molar-refractivity contribution >= 4 is 48.7 Å². The third kappa shape index (κ3) is 4.33. The van der Waals surface area contributed by atoms with Gasteiger partial charge in [0.1, 0.15) is 17.7 Å². The van der Waals surface area contributed by atoms with Crippen LogP contribution in [-0.4, -0.2) is 78.6 Å². The van der Waals surface area contributed by atoms with E-state index in [0.29, 0.717) is 17.9 Å². The smallest absolute Gasteiger partial charge is 0.323 e. The van der Waals surface area contributed by atoms with Crippen molar-refractivity contribution in [2.24, 2.45) is 0 Å². The van der Waals surface area contributed by atoms with Crippen molar-refractivity contribution in [1.29, 1.82) is 0 Å². The Morgan fingerprint density at radius 3 is 2.78 bits per heavy atom. The summed E-state index contributed by atoms with van der Waals surface area (Å²) in [6.45, 7) is 7.39. The Bertz CT molecular complexity index is 1170. The maximum absolute atomic E-state index is 15.7. The zero-order valence-corrected chi connectivity index (χ0v) is 22.0. The van der Waals surface area contributed by atoms with Gasteiger partial charge in [-0.05, 0) is 27.2 Å². The molecule has 2 aromatic heterocycles. The highest BCUT2D eigenvalue weighted by atomic mass is 35.5. The number of aliphatic hydroxyl groups is 1. The Morgan fingerprint density at radius 1 is 1.44 bits per heavy atom. The number of anilines is 2. The highest BCUT2D eigenvalue weighted by molar-refractivity contribution is 7.36. The lowest BCUT2D eigenvalue weighted by atomic mass is 10.1. The van der Waals surface area contributed by atoms with Gasteiger partial charge in [-0.25, -0.2) is 14.5 Å². The summed E-state index contributed by atoms with van der Waals surface area (Å²) in [7, 11) is -3.11. The van der Waals surface area contributed by atoms with Crippen molar-refractivity contribution in [1.82, 2.24) is 24.6 Å². The minimum atomic E-state index is -3.11. The summed E-state index contributed by atoms with van der Waals surface area (Å²) >= 11 is 6.09. The van der Waals surface area contributed by atoms with Gasteiger partial charge in [0.15, 0.2) is 35.0 Å². The SMILES string of the molecule is CCCNc1nc(N)nc2c1ncn2[C@@H]1O[C@]2(CCl)C(O[PH](=O)N[C@@H](C)C(=O)OC(C)C)[C@]2(O)[C@H]1F. The van der Waals surface area contributed by atoms with Crippen molar-refractivity contribution in [3.8, 4) is 0 Å². The number of alkyl halides is 2. The van der Waals surface area contributed by atoms with E-state index in [1.54, 1.807) is 13.8 Å². The van der Waals surface area contributed by atoms with Gasteiger partial charge >= 0.3 is 5.97 Å². The predicted octanol–water partition coefficient (Wildman–Crippen LogP) is 1.52. The topological polar surface area (TPSA) is 176 Å². The standard InChI is InChI=1S/C20H30ClFN7O6P/c1-5-6-24-13-11-14(27-18(23)26-13)29(8-25-11)15-12(22)20(31)17(19(20,7-21)34-15)35-36(32)28-10(4)16(30)33-9(2)3/h8-10,12,15,17,31,36H,5-7H2,1-4H3,(H,28,32)(H3,23,24,26,27)/t10-,12-,15+,17?,19+,20+/m0/s1. The third-order valence-corrected chi connectivity index (χ3v) is 7.65. The Kier molecular flexibility index (Phi) is 7.48. The Balaban J connectivity index is 1.52. The molecule has 2 aromatic rings. The molecule has 0 aromatic carbocycles. The number of carbonyl (C=O) groups is 1. The minimum absolute atomic E-state index is 0.0526. The summed E-state index contributed by atoms with van der Waals surface area (Å²) in [4.78, 5) is 24.5. The molecule has 13 nitrogen and oxygen atoms in total. The maximum atomic E-state index is 15.7. The number of rotatable bonds is 11. The second-order valence-electron chi connectivity index (χ2n) is 9.08. The van der Waals surface area contributed by atoms with Gasteiger partial charge in [0.2, 0.25) is 5.95 Å². The molecule has 200 valence electrons. The molecule has 2 aliphatic rings. The lowest BCUT2D eigenvalue weighted by Crippen LogP contribution is -2.35. The molecule has 0 bridgehead atoms. The normalized spacial score (nSPS) is 30.8. The number of halogens is 2. The molecule has 0 amide bonds. The van der Waals surface area contributed by atoms with Crippen molar-refractivity contribution < 1.29 is 32.9 Å². The first-order valence-electron chi connectivity index (χ1n) is 11.5. The second-order valence-corrected chi connectivity index (χ2v) is 10.4. The number of nitrogens with two attached hydrogens (primary N) is 1. The number of nitrogens with zero attached hydrogens (tertiary/aromatic N) is 4. The fourth-order valence-electron chi connectivity index (χ4n) is 4.30. The summed E-state index contributed by atoms with van der Waals surface area (Å²) in [5, 5.41) is 16.7. The molecule has 0 spiro atoms. The molecule has 16 heteroatoms. The first-order valence-corrected chi connectivity index (χ1v) is 13.4. The van der Waals surface area contributed by atoms with Gasteiger partial charge in [-0.2, -0.15) is 9.97 Å². The van der Waals surface area contributed by atoms with E-state index in [4.69, 9.17) is 31.3 Å². The molecule has 1 aliphatic carbocycles. The average Bonchev–Trinajstić information content (AvgIpc) is 3.06. The number of carbonyl (C=O) groups excluding carboxylic acids is 1. The van der Waals surface area contributed by atoms with Crippen LogP contribution in [-0.2, 0) is 23.4 Å². The fraction of sp³-hybridized carbons (Fsp3) is 0.700. The molecule has 36 heavy (non-hydrogen) atoms. The Morgan fingerprint density at radius 2 is 2.17 bits per heavy atom. The lowest BCUT2D eigenvalue weighted by molar-refractivity contribution is -0.149. The highest BCUT2D eigenvalue weighted by Gasteiger charge is 2.89. The van der Waals surface area contributed by atoms with E-state index in [-0.39, 0.29) is 23.6 Å². The van der Waals surface area contributed by atoms with Crippen molar-refractivity contribution in [2.45, 2.75) is 76.0 Å². The average molecular weight is 550 g/mol. The molecule has 1 saturated heterocycles. The summed E-state index contributed by atoms with van der Waals surface area (Å²) < 4.78 is 45.9. The summed E-state index contributed by atoms with van der Waals surface area (Å²) in [5.74, 6) is -0.644. The molecule has 3 heterocycles. The van der Waals surface area contributed by atoms with Crippen LogP contribution in [0.4, 0.5) is 16.2 Å². The summed E-state index contributed by atoms with van der Waals surface area (Å²) in [6.07, 6.45) is -2.96. The molecule has 2 fully saturated rings. The van der Waals surface area contributed by atoms with Gasteiger partial charge in [0, 0.05) is 6.54 Å². The van der Waals surface area contributed by atoms with Crippen LogP contribution >= 0.6 is 19.8 Å². The molecule has 1 aliphatic heterocycles. The van der Waals surface area contributed by atoms with Crippen LogP contribution in [0.5, 0.6) is 0 Å². The van der Waals surface area contributed by atoms with Crippen LogP contribution in [0.1, 0.15) is 40.3 Å². The number of aromatic nitrogens is 4. The number of fused-ring (bicyclic) bond motifs is 2. The monoisotopic (exact) mass is 549 g/mol. The largest absolute Gasteiger partial charge is 0.462 e. The molecule has 2 unspecified atom stereocenters. The lowest BCUT2D eigenvalue weighted by Gasteiger charge is -2.23. The fourth-order valence-corrected chi connectivity index (χ4v) is 5.84. The van der Waals surface area contributed by atoms with Crippen LogP contribution < -0.4 is 16.1 Å². The highest BCUT2D eigenvalue weighted by Crippen LogP contribution is 2.66. The zero-order valence-electron chi connectivity index (χ0n) is 20.2. The van der Waals surface area contributed by atoms with Crippen LogP contribution in [0.2, 0.25) is 0 Å². The van der Waals surface area contributed by atoms with Crippen LogP contribution in [0.25, 0.3) is 11.2 Å². The van der Waals surface area contributed by atoms with Gasteiger partial charge in [-0.15, -0.1) is 11.6 Å². The van der Waals surface area contributed by atoms with E-state index in [0.717, 1.165) is 6.42 Å². The minimum Gasteiger partial charge on any atom is -0.462 e. The second kappa shape index (κ2) is 9.99. The zero-order chi connectivity index (χ0) is 26.4. The van der Waals surface area contributed by atoms with Crippen molar-refractivity contribution in [2.75, 3.05) is 23.5 Å². The van der Waals surface area contributed by atoms with E-state index in [1.807, 2.05) is 6.92 Å². The van der Waals surface area contributed by atoms with Gasteiger partial charge in [0.25, 0.3) is 8.18 Å². The molecule has 7 atom stereocenters. The predicted molar refractivity (Wildman–Crippen MR) is 130 cm³/mol. The number of nitrogens with one attached hydrogen (secondary N) is 2. The van der Waals surface area contributed by atoms with E-state index in [1.165, 1.54) is 17.8 Å². The summed E-state index contributed by atoms with van der Waals surface area (Å²) in [6, 6.07) is -0.952. The number of hydrogen-bond acceptors (Lipinski definition) is 11. The van der Waals surface area contributed by atoms with Crippen molar-refractivity contribution in [3.63, 3.8) is 0 Å². The van der Waals surface area contributed by atoms with Gasteiger partial charge in [-0.1, -0.05) is 6.92 Å². The maximum Gasteiger partial charge on any atom is 0.323 e. The van der Waals surface area contributed by atoms with E-state index in [2.05, 4.69) is 25.4 Å². The van der Waals surface area contributed by atoms with Gasteiger partial charge < -0.3 is 30.2 Å². The molecular weight excluding hydrogens is 520 g/mol. The molecule has 0 radical (unpaired) electrons. The quantitative estimate of drug-likeness (QED) is 0.181. The molecule has 1 saturated carbocycles. The van der Waals surface area contributed by atoms with Gasteiger partial charge in [-0.3, -0.25) is 13.9 Å². The van der Waals surface area contributed by atoms with E-state index in [9.17, 15) is 14.5 Å². The van der Waals surface area contributed by atoms with Crippen LogP contribution in [0.3, 0.4) is 0 Å². The number of nitrogen functional groups attached to an aromatic ring is 1. The van der Waals surface area contributed by atoms with Gasteiger partial charge in [0.05, 0.1) is 18.3 Å². The molecule has 5 N–H and O–H groups in total. The van der Waals surface area contributed by atoms with Crippen molar-refractivity contribution in [3.05, 3.63) is 6.33 Å². The molecule has 4 rings (SSSR count). The van der Waals surface area contributed by atoms with E-state index < -0.39 is 49.9 Å². The van der Waals surface area contributed by atoms with E-state index >= 15 is 4.39 Å². The third-order valence-electron chi connectivity index (χ3n) is 6.14. The first-order chi connectivity index (χ1) is 17.0. The Labute approximate surface area is 212 Å². The Hall–Kier alpha value is -2.09. The number of imidazole rings is 1.